The van der Waals surface area contributed by atoms with Crippen LogP contribution in [0.5, 0.6) is 5.75 Å². The Labute approximate surface area is 188 Å². The Hall–Kier alpha value is -2.73. The van der Waals surface area contributed by atoms with Crippen molar-refractivity contribution in [1.29, 1.82) is 0 Å². The van der Waals surface area contributed by atoms with E-state index in [0.29, 0.717) is 33.0 Å². The first-order valence-electron chi connectivity index (χ1n) is 9.01. The summed E-state index contributed by atoms with van der Waals surface area (Å²) in [7, 11) is 0. The number of para-hydroxylation sites is 1. The Morgan fingerprint density at radius 1 is 0.933 bits per heavy atom. The molecule has 0 atom stereocenters. The van der Waals surface area contributed by atoms with Crippen molar-refractivity contribution in [2.24, 2.45) is 0 Å². The molecule has 0 unspecified atom stereocenters. The minimum atomic E-state index is -0.325. The van der Waals surface area contributed by atoms with Gasteiger partial charge in [-0.25, -0.2) is 4.90 Å². The predicted molar refractivity (Wildman–Crippen MR) is 122 cm³/mol. The number of hydrogen-bond donors (Lipinski definition) is 0. The van der Waals surface area contributed by atoms with Gasteiger partial charge in [0.1, 0.15) is 12.4 Å². The zero-order valence-electron chi connectivity index (χ0n) is 15.5. The Morgan fingerprint density at radius 2 is 1.67 bits per heavy atom. The molecule has 0 aromatic heterocycles. The van der Waals surface area contributed by atoms with E-state index in [1.54, 1.807) is 54.6 Å². The van der Waals surface area contributed by atoms with Crippen LogP contribution in [0.15, 0.2) is 77.7 Å². The van der Waals surface area contributed by atoms with Crippen molar-refractivity contribution in [3.05, 3.63) is 98.9 Å². The second kappa shape index (κ2) is 8.96. The maximum atomic E-state index is 12.7. The van der Waals surface area contributed by atoms with E-state index in [9.17, 15) is 9.59 Å². The van der Waals surface area contributed by atoms with Gasteiger partial charge in [-0.05, 0) is 59.8 Å². The van der Waals surface area contributed by atoms with Crippen molar-refractivity contribution in [1.82, 2.24) is 0 Å². The van der Waals surface area contributed by atoms with Crippen LogP contribution in [-0.4, -0.2) is 11.1 Å². The van der Waals surface area contributed by atoms with Crippen LogP contribution in [0.4, 0.5) is 10.5 Å². The monoisotopic (exact) mass is 455 g/mol. The first kappa shape index (κ1) is 20.5. The fraction of sp³-hybridized carbons (Fsp3) is 0.0435. The van der Waals surface area contributed by atoms with Gasteiger partial charge >= 0.3 is 0 Å². The highest BCUT2D eigenvalue weighted by molar-refractivity contribution is 8.19. The first-order chi connectivity index (χ1) is 14.5. The minimum absolute atomic E-state index is 0.308. The summed E-state index contributed by atoms with van der Waals surface area (Å²) < 4.78 is 5.77. The summed E-state index contributed by atoms with van der Waals surface area (Å²) in [5, 5.41) is 0.815. The predicted octanol–water partition coefficient (Wildman–Crippen LogP) is 6.81. The highest BCUT2D eigenvalue weighted by atomic mass is 35.5. The van der Waals surface area contributed by atoms with E-state index in [0.717, 1.165) is 22.9 Å². The maximum Gasteiger partial charge on any atom is 0.298 e. The van der Waals surface area contributed by atoms with Crippen LogP contribution in [0, 0.1) is 0 Å². The van der Waals surface area contributed by atoms with E-state index in [1.807, 2.05) is 24.3 Å². The Balaban J connectivity index is 1.45. The summed E-state index contributed by atoms with van der Waals surface area (Å²) in [6.07, 6.45) is 1.70. The Bertz CT molecular complexity index is 1130. The van der Waals surface area contributed by atoms with Gasteiger partial charge < -0.3 is 4.74 Å². The summed E-state index contributed by atoms with van der Waals surface area (Å²) in [5.74, 6) is 0.337. The molecule has 30 heavy (non-hydrogen) atoms. The van der Waals surface area contributed by atoms with Gasteiger partial charge in [-0.2, -0.15) is 0 Å². The lowest BCUT2D eigenvalue weighted by molar-refractivity contribution is -0.113. The smallest absolute Gasteiger partial charge is 0.298 e. The van der Waals surface area contributed by atoms with E-state index in [1.165, 1.54) is 4.90 Å². The van der Waals surface area contributed by atoms with Crippen LogP contribution in [0.25, 0.3) is 6.08 Å². The van der Waals surface area contributed by atoms with Crippen molar-refractivity contribution < 1.29 is 14.3 Å². The van der Waals surface area contributed by atoms with E-state index < -0.39 is 0 Å². The van der Waals surface area contributed by atoms with Gasteiger partial charge in [0.25, 0.3) is 11.1 Å². The number of carbonyl (C=O) groups excluding carboxylic acids is 2. The lowest BCUT2D eigenvalue weighted by Crippen LogP contribution is -2.27. The Morgan fingerprint density at radius 3 is 2.37 bits per heavy atom. The van der Waals surface area contributed by atoms with Crippen LogP contribution >= 0.6 is 35.0 Å². The standard InChI is InChI=1S/C23H15Cl2NO3S/c24-17-9-8-16(20(25)13-17)14-29-19-10-6-15(7-11-19)12-21-22(27)26(23(28)30-21)18-4-2-1-3-5-18/h1-13H,14H2/b21-12-. The number of benzene rings is 3. The normalized spacial score (nSPS) is 15.1. The first-order valence-corrected chi connectivity index (χ1v) is 10.6. The van der Waals surface area contributed by atoms with E-state index in [4.69, 9.17) is 27.9 Å². The van der Waals surface area contributed by atoms with Crippen LogP contribution in [0.3, 0.4) is 0 Å². The van der Waals surface area contributed by atoms with Gasteiger partial charge in [-0.1, -0.05) is 59.6 Å². The molecule has 0 spiro atoms. The molecule has 1 aliphatic rings. The van der Waals surface area contributed by atoms with Crippen LogP contribution in [0.1, 0.15) is 11.1 Å². The zero-order chi connectivity index (χ0) is 21.1. The molecule has 1 aliphatic heterocycles. The van der Waals surface area contributed by atoms with Crippen molar-refractivity contribution in [2.75, 3.05) is 4.90 Å². The van der Waals surface area contributed by atoms with Crippen LogP contribution in [-0.2, 0) is 11.4 Å². The lowest BCUT2D eigenvalue weighted by atomic mass is 10.2. The largest absolute Gasteiger partial charge is 0.489 e. The molecule has 0 saturated carbocycles. The number of hydrogen-bond acceptors (Lipinski definition) is 4. The van der Waals surface area contributed by atoms with E-state index in [2.05, 4.69) is 0 Å². The van der Waals surface area contributed by atoms with Gasteiger partial charge in [0.2, 0.25) is 0 Å². The zero-order valence-corrected chi connectivity index (χ0v) is 17.9. The number of halogens is 2. The average Bonchev–Trinajstić information content (AvgIpc) is 3.02. The van der Waals surface area contributed by atoms with E-state index >= 15 is 0 Å². The quantitative estimate of drug-likeness (QED) is 0.396. The summed E-state index contributed by atoms with van der Waals surface area (Å²) in [6, 6.07) is 21.4. The molecule has 1 fully saturated rings. The van der Waals surface area contributed by atoms with Crippen LogP contribution in [0.2, 0.25) is 10.0 Å². The molecule has 0 bridgehead atoms. The highest BCUT2D eigenvalue weighted by Crippen LogP contribution is 2.35. The topological polar surface area (TPSA) is 46.6 Å². The molecule has 1 saturated heterocycles. The third-order valence-corrected chi connectivity index (χ3v) is 5.85. The highest BCUT2D eigenvalue weighted by Gasteiger charge is 2.36. The van der Waals surface area contributed by atoms with Crippen molar-refractivity contribution in [2.45, 2.75) is 6.61 Å². The van der Waals surface area contributed by atoms with Crippen molar-refractivity contribution >= 4 is 57.9 Å². The molecule has 3 aromatic rings. The fourth-order valence-electron chi connectivity index (χ4n) is 2.88. The van der Waals surface area contributed by atoms with Crippen molar-refractivity contribution in [3.63, 3.8) is 0 Å². The SMILES string of the molecule is O=C1S/C(=C\c2ccc(OCc3ccc(Cl)cc3Cl)cc2)C(=O)N1c1ccccc1. The molecule has 1 heterocycles. The minimum Gasteiger partial charge on any atom is -0.489 e. The number of nitrogens with zero attached hydrogens (tertiary/aromatic N) is 1. The third-order valence-electron chi connectivity index (χ3n) is 4.40. The Kier molecular flexibility index (Phi) is 6.13. The van der Waals surface area contributed by atoms with Gasteiger partial charge in [0.15, 0.2) is 0 Å². The van der Waals surface area contributed by atoms with Gasteiger partial charge in [0, 0.05) is 15.6 Å². The molecule has 3 aromatic carbocycles. The lowest BCUT2D eigenvalue weighted by Gasteiger charge is -2.11. The number of anilines is 1. The molecule has 2 amide bonds. The fourth-order valence-corrected chi connectivity index (χ4v) is 4.18. The summed E-state index contributed by atoms with van der Waals surface area (Å²) in [5.41, 5.74) is 2.19. The summed E-state index contributed by atoms with van der Waals surface area (Å²) >= 11 is 13.0. The van der Waals surface area contributed by atoms with E-state index in [-0.39, 0.29) is 11.1 Å². The third kappa shape index (κ3) is 4.54. The number of rotatable bonds is 5. The summed E-state index contributed by atoms with van der Waals surface area (Å²) in [6.45, 7) is 0.311. The molecule has 0 radical (unpaired) electrons. The number of imide groups is 1. The average molecular weight is 456 g/mol. The molecule has 150 valence electrons. The van der Waals surface area contributed by atoms with Gasteiger partial charge in [0.05, 0.1) is 10.6 Å². The second-order valence-corrected chi connectivity index (χ2v) is 8.28. The number of ether oxygens (including phenoxy) is 1. The number of amides is 2. The molecular weight excluding hydrogens is 441 g/mol. The molecular formula is C23H15Cl2NO3S. The molecule has 0 N–H and O–H groups in total. The van der Waals surface area contributed by atoms with Crippen LogP contribution < -0.4 is 9.64 Å². The molecule has 4 nitrogen and oxygen atoms in total. The van der Waals surface area contributed by atoms with Gasteiger partial charge in [-0.15, -0.1) is 0 Å². The molecule has 4 rings (SSSR count). The number of carbonyl (C=O) groups is 2. The maximum absolute atomic E-state index is 12.7. The van der Waals surface area contributed by atoms with Gasteiger partial charge in [-0.3, -0.25) is 9.59 Å². The number of thioether (sulfide) groups is 1. The summed E-state index contributed by atoms with van der Waals surface area (Å²) in [4.78, 5) is 26.5. The van der Waals surface area contributed by atoms with Crippen molar-refractivity contribution in [3.8, 4) is 5.75 Å². The second-order valence-electron chi connectivity index (χ2n) is 6.45. The molecule has 7 heteroatoms. The molecule has 0 aliphatic carbocycles.